The van der Waals surface area contributed by atoms with Gasteiger partial charge in [-0.2, -0.15) is 0 Å². The highest BCUT2D eigenvalue weighted by Gasteiger charge is 2.44. The van der Waals surface area contributed by atoms with Crippen LogP contribution in [-0.4, -0.2) is 41.9 Å². The zero-order chi connectivity index (χ0) is 16.6. The van der Waals surface area contributed by atoms with E-state index in [2.05, 4.69) is 21.7 Å². The number of rotatable bonds is 4. The molecule has 0 bridgehead atoms. The lowest BCUT2D eigenvalue weighted by atomic mass is 9.82. The number of nitrogens with one attached hydrogen (secondary N) is 1. The predicted octanol–water partition coefficient (Wildman–Crippen LogP) is 2.53. The highest BCUT2D eigenvalue weighted by molar-refractivity contribution is 7.16. The molecule has 0 aromatic carbocycles. The molecule has 0 aliphatic carbocycles. The summed E-state index contributed by atoms with van der Waals surface area (Å²) in [5.74, 6) is 0. The van der Waals surface area contributed by atoms with Gasteiger partial charge in [0.05, 0.1) is 42.0 Å². The van der Waals surface area contributed by atoms with Gasteiger partial charge < -0.3 is 14.8 Å². The smallest absolute Gasteiger partial charge is 0.106 e. The van der Waals surface area contributed by atoms with Crippen LogP contribution in [0.1, 0.15) is 35.0 Å². The molecule has 2 aromatic heterocycles. The summed E-state index contributed by atoms with van der Waals surface area (Å²) in [4.78, 5) is 1.30. The Hall–Kier alpha value is -0.990. The minimum atomic E-state index is -0.238. The van der Waals surface area contributed by atoms with Gasteiger partial charge in [0.2, 0.25) is 0 Å². The van der Waals surface area contributed by atoms with Crippen LogP contribution in [0.3, 0.4) is 0 Å². The molecule has 4 heterocycles. The maximum Gasteiger partial charge on any atom is 0.106 e. The van der Waals surface area contributed by atoms with E-state index in [9.17, 15) is 0 Å². The number of halogens is 1. The third-order valence-corrected chi connectivity index (χ3v) is 6.33. The van der Waals surface area contributed by atoms with E-state index < -0.39 is 0 Å². The Kier molecular flexibility index (Phi) is 4.62. The molecular weight excluding hydrogens is 348 g/mol. The number of nitrogens with zero attached hydrogens (tertiary/aromatic N) is 3. The lowest BCUT2D eigenvalue weighted by Crippen LogP contribution is -2.45. The third kappa shape index (κ3) is 2.99. The average Bonchev–Trinajstić information content (AvgIpc) is 3.20. The molecule has 2 aromatic rings. The Morgan fingerprint density at radius 1 is 1.58 bits per heavy atom. The van der Waals surface area contributed by atoms with Crippen LogP contribution in [0.4, 0.5) is 0 Å². The lowest BCUT2D eigenvalue weighted by molar-refractivity contribution is -0.0871. The molecule has 0 amide bonds. The second-order valence-electron chi connectivity index (χ2n) is 6.36. The van der Waals surface area contributed by atoms with E-state index in [1.165, 1.54) is 10.4 Å². The Labute approximate surface area is 150 Å². The minimum absolute atomic E-state index is 0.141. The molecule has 130 valence electrons. The standard InChI is InChI=1S/C16H21ClN4O2S/c1-22-7-5-21-10-13(19-20-21)12-9-16(3-4-18-12)15-11(2-6-23-16)8-14(17)24-15/h8,10,12,18H,2-7,9H2,1H3/t12-,16-/m0/s1. The summed E-state index contributed by atoms with van der Waals surface area (Å²) in [5.41, 5.74) is 2.07. The van der Waals surface area contributed by atoms with E-state index in [0.29, 0.717) is 13.2 Å². The first-order valence-electron chi connectivity index (χ1n) is 8.25. The summed E-state index contributed by atoms with van der Waals surface area (Å²) in [6.45, 7) is 2.99. The van der Waals surface area contributed by atoms with E-state index in [1.807, 2.05) is 10.9 Å². The molecule has 8 heteroatoms. The van der Waals surface area contributed by atoms with Crippen molar-refractivity contribution in [3.63, 3.8) is 0 Å². The number of thiophene rings is 1. The molecule has 4 rings (SSSR count). The Morgan fingerprint density at radius 2 is 2.50 bits per heavy atom. The normalized spacial score (nSPS) is 26.7. The van der Waals surface area contributed by atoms with Gasteiger partial charge in [-0.15, -0.1) is 16.4 Å². The maximum absolute atomic E-state index is 6.31. The first-order valence-corrected chi connectivity index (χ1v) is 9.45. The largest absolute Gasteiger partial charge is 0.383 e. The van der Waals surface area contributed by atoms with Crippen LogP contribution in [0.5, 0.6) is 0 Å². The van der Waals surface area contributed by atoms with Gasteiger partial charge in [-0.3, -0.25) is 0 Å². The van der Waals surface area contributed by atoms with E-state index >= 15 is 0 Å². The molecule has 2 aliphatic rings. The summed E-state index contributed by atoms with van der Waals surface area (Å²) in [6, 6.07) is 2.24. The summed E-state index contributed by atoms with van der Waals surface area (Å²) in [6.07, 6.45) is 4.78. The second-order valence-corrected chi connectivity index (χ2v) is 8.04. The number of hydrogen-bond acceptors (Lipinski definition) is 6. The van der Waals surface area contributed by atoms with Gasteiger partial charge in [-0.25, -0.2) is 4.68 Å². The molecule has 0 saturated carbocycles. The molecule has 0 radical (unpaired) electrons. The van der Waals surface area contributed by atoms with Crippen molar-refractivity contribution in [3.8, 4) is 0 Å². The highest BCUT2D eigenvalue weighted by atomic mass is 35.5. The first kappa shape index (κ1) is 16.5. The molecule has 1 N–H and O–H groups in total. The number of methoxy groups -OCH3 is 1. The molecule has 0 unspecified atom stereocenters. The van der Waals surface area contributed by atoms with Crippen molar-refractivity contribution in [3.05, 3.63) is 32.7 Å². The van der Waals surface area contributed by atoms with E-state index in [-0.39, 0.29) is 11.6 Å². The van der Waals surface area contributed by atoms with Crippen LogP contribution in [0, 0.1) is 0 Å². The summed E-state index contributed by atoms with van der Waals surface area (Å²) in [5, 5.41) is 12.1. The molecule has 1 saturated heterocycles. The molecular formula is C16H21ClN4O2S. The van der Waals surface area contributed by atoms with Crippen LogP contribution in [0.15, 0.2) is 12.3 Å². The fourth-order valence-electron chi connectivity index (χ4n) is 3.65. The van der Waals surface area contributed by atoms with Crippen molar-refractivity contribution in [1.82, 2.24) is 20.3 Å². The monoisotopic (exact) mass is 368 g/mol. The minimum Gasteiger partial charge on any atom is -0.383 e. The Morgan fingerprint density at radius 3 is 3.38 bits per heavy atom. The van der Waals surface area contributed by atoms with Crippen molar-refractivity contribution < 1.29 is 9.47 Å². The van der Waals surface area contributed by atoms with Crippen LogP contribution < -0.4 is 5.32 Å². The van der Waals surface area contributed by atoms with Gasteiger partial charge >= 0.3 is 0 Å². The second kappa shape index (κ2) is 6.72. The van der Waals surface area contributed by atoms with E-state index in [4.69, 9.17) is 21.1 Å². The third-order valence-electron chi connectivity index (χ3n) is 4.83. The highest BCUT2D eigenvalue weighted by Crippen LogP contribution is 2.48. The van der Waals surface area contributed by atoms with Crippen LogP contribution in [-0.2, 0) is 28.0 Å². The lowest BCUT2D eigenvalue weighted by Gasteiger charge is -2.43. The van der Waals surface area contributed by atoms with Gasteiger partial charge in [0.25, 0.3) is 0 Å². The molecule has 2 atom stereocenters. The average molecular weight is 369 g/mol. The van der Waals surface area contributed by atoms with E-state index in [1.54, 1.807) is 18.4 Å². The zero-order valence-electron chi connectivity index (χ0n) is 13.6. The van der Waals surface area contributed by atoms with Crippen molar-refractivity contribution in [2.75, 3.05) is 26.9 Å². The summed E-state index contributed by atoms with van der Waals surface area (Å²) in [7, 11) is 1.69. The number of ether oxygens (including phenoxy) is 2. The van der Waals surface area contributed by atoms with Crippen LogP contribution in [0.25, 0.3) is 0 Å². The van der Waals surface area contributed by atoms with Crippen molar-refractivity contribution in [2.24, 2.45) is 0 Å². The first-order chi connectivity index (χ1) is 11.7. The number of fused-ring (bicyclic) bond motifs is 2. The van der Waals surface area contributed by atoms with Gasteiger partial charge in [-0.1, -0.05) is 16.8 Å². The SMILES string of the molecule is COCCn1cc([C@@H]2C[C@]3(CCN2)OCCc2cc(Cl)sc23)nn1. The Balaban J connectivity index is 1.57. The molecule has 1 fully saturated rings. The number of piperidine rings is 1. The zero-order valence-corrected chi connectivity index (χ0v) is 15.2. The maximum atomic E-state index is 6.31. The fourth-order valence-corrected chi connectivity index (χ4v) is 5.14. The van der Waals surface area contributed by atoms with E-state index in [0.717, 1.165) is 42.4 Å². The van der Waals surface area contributed by atoms with Crippen molar-refractivity contribution in [1.29, 1.82) is 0 Å². The molecule has 24 heavy (non-hydrogen) atoms. The predicted molar refractivity (Wildman–Crippen MR) is 92.5 cm³/mol. The van der Waals surface area contributed by atoms with Crippen molar-refractivity contribution in [2.45, 2.75) is 37.5 Å². The fraction of sp³-hybridized carbons (Fsp3) is 0.625. The summed E-state index contributed by atoms with van der Waals surface area (Å²) >= 11 is 7.93. The topological polar surface area (TPSA) is 61.2 Å². The number of aromatic nitrogens is 3. The quantitative estimate of drug-likeness (QED) is 0.898. The number of hydrogen-bond donors (Lipinski definition) is 1. The van der Waals surface area contributed by atoms with Crippen LogP contribution in [0.2, 0.25) is 4.34 Å². The Bertz CT molecular complexity index is 719. The molecule has 6 nitrogen and oxygen atoms in total. The van der Waals surface area contributed by atoms with Gasteiger partial charge in [0.15, 0.2) is 0 Å². The van der Waals surface area contributed by atoms with Gasteiger partial charge in [-0.05, 0) is 31.0 Å². The van der Waals surface area contributed by atoms with Crippen LogP contribution >= 0.6 is 22.9 Å². The summed E-state index contributed by atoms with van der Waals surface area (Å²) < 4.78 is 14.1. The molecule has 2 aliphatic heterocycles. The van der Waals surface area contributed by atoms with Crippen molar-refractivity contribution >= 4 is 22.9 Å². The molecule has 1 spiro atoms. The van der Waals surface area contributed by atoms with Gasteiger partial charge in [0, 0.05) is 18.4 Å². The van der Waals surface area contributed by atoms with Gasteiger partial charge in [0.1, 0.15) is 5.60 Å².